The third-order valence-corrected chi connectivity index (χ3v) is 2.47. The van der Waals surface area contributed by atoms with E-state index in [4.69, 9.17) is 14.2 Å². The summed E-state index contributed by atoms with van der Waals surface area (Å²) in [6.45, 7) is 1.43. The van der Waals surface area contributed by atoms with Crippen LogP contribution in [-0.2, 0) is 4.79 Å². The number of hydrogen-bond donors (Lipinski definition) is 3. The fraction of sp³-hybridized carbons (Fsp3) is 0.833. The Bertz CT molecular complexity index is 174. The van der Waals surface area contributed by atoms with Gasteiger partial charge in [-0.3, -0.25) is 13.9 Å². The molecule has 0 aliphatic carbocycles. The summed E-state index contributed by atoms with van der Waals surface area (Å²) in [5.41, 5.74) is 0. The highest BCUT2D eigenvalue weighted by molar-refractivity contribution is 8.22. The third-order valence-electron chi connectivity index (χ3n) is 1.79. The van der Waals surface area contributed by atoms with Crippen LogP contribution in [0.5, 0.6) is 0 Å². The SMILES string of the molecule is NS(O)(O)CC(=O)N1CCCC1. The zero-order valence-corrected chi connectivity index (χ0v) is 7.59. The Labute approximate surface area is 73.0 Å². The number of amides is 1. The first-order valence-electron chi connectivity index (χ1n) is 3.80. The van der Waals surface area contributed by atoms with Crippen molar-refractivity contribution in [2.45, 2.75) is 12.8 Å². The summed E-state index contributed by atoms with van der Waals surface area (Å²) in [4.78, 5) is 12.8. The summed E-state index contributed by atoms with van der Waals surface area (Å²) >= 11 is 0. The highest BCUT2D eigenvalue weighted by atomic mass is 32.3. The van der Waals surface area contributed by atoms with Gasteiger partial charge in [-0.25, -0.2) is 5.14 Å². The molecule has 0 atom stereocenters. The molecular formula is C6H14N2O3S. The number of carbonyl (C=O) groups is 1. The topological polar surface area (TPSA) is 86.8 Å². The standard InChI is InChI=1S/C6H14N2O3S/c7-12(10,11)5-6(9)8-3-1-2-4-8/h10-11H,1-5,7H2. The summed E-state index contributed by atoms with van der Waals surface area (Å²) in [6, 6.07) is 0. The Kier molecular flexibility index (Phi) is 2.94. The third kappa shape index (κ3) is 2.98. The Balaban J connectivity index is 2.37. The highest BCUT2D eigenvalue weighted by Gasteiger charge is 2.21. The maximum atomic E-state index is 11.2. The molecule has 1 heterocycles. The van der Waals surface area contributed by atoms with Crippen LogP contribution >= 0.6 is 10.8 Å². The van der Waals surface area contributed by atoms with Crippen molar-refractivity contribution in [2.75, 3.05) is 18.8 Å². The molecule has 12 heavy (non-hydrogen) atoms. The Hall–Kier alpha value is -0.300. The smallest absolute Gasteiger partial charge is 0.243 e. The van der Waals surface area contributed by atoms with Gasteiger partial charge in [-0.15, -0.1) is 10.8 Å². The molecule has 0 aromatic carbocycles. The normalized spacial score (nSPS) is 19.8. The molecule has 0 saturated carbocycles. The Morgan fingerprint density at radius 2 is 1.92 bits per heavy atom. The molecule has 0 bridgehead atoms. The van der Waals surface area contributed by atoms with E-state index in [0.717, 1.165) is 12.8 Å². The lowest BCUT2D eigenvalue weighted by atomic mass is 10.4. The van der Waals surface area contributed by atoms with Crippen LogP contribution < -0.4 is 5.14 Å². The van der Waals surface area contributed by atoms with Gasteiger partial charge in [0.05, 0.1) is 0 Å². The lowest BCUT2D eigenvalue weighted by Crippen LogP contribution is -2.33. The van der Waals surface area contributed by atoms with Crippen LogP contribution in [0.15, 0.2) is 0 Å². The van der Waals surface area contributed by atoms with Crippen LogP contribution in [-0.4, -0.2) is 38.8 Å². The summed E-state index contributed by atoms with van der Waals surface area (Å²) in [5, 5.41) is 4.95. The van der Waals surface area contributed by atoms with Gasteiger partial charge in [0.1, 0.15) is 5.75 Å². The zero-order valence-electron chi connectivity index (χ0n) is 6.77. The first kappa shape index (κ1) is 9.79. The average Bonchev–Trinajstić information content (AvgIpc) is 2.32. The molecule has 0 unspecified atom stereocenters. The molecule has 0 spiro atoms. The summed E-state index contributed by atoms with van der Waals surface area (Å²) in [5.74, 6) is -0.595. The molecule has 0 aromatic heterocycles. The number of nitrogens with two attached hydrogens (primary N) is 1. The van der Waals surface area contributed by atoms with Crippen LogP contribution in [0.3, 0.4) is 0 Å². The number of nitrogens with zero attached hydrogens (tertiary/aromatic N) is 1. The van der Waals surface area contributed by atoms with E-state index in [2.05, 4.69) is 0 Å². The van der Waals surface area contributed by atoms with Crippen molar-refractivity contribution in [3.8, 4) is 0 Å². The van der Waals surface area contributed by atoms with Gasteiger partial charge in [0.25, 0.3) is 0 Å². The second-order valence-electron chi connectivity index (χ2n) is 2.95. The fourth-order valence-corrected chi connectivity index (χ4v) is 1.79. The monoisotopic (exact) mass is 194 g/mol. The maximum absolute atomic E-state index is 11.2. The van der Waals surface area contributed by atoms with Gasteiger partial charge in [0.15, 0.2) is 0 Å². The summed E-state index contributed by atoms with van der Waals surface area (Å²) in [7, 11) is -3.15. The van der Waals surface area contributed by atoms with Crippen LogP contribution in [0.4, 0.5) is 0 Å². The van der Waals surface area contributed by atoms with Crippen molar-refractivity contribution in [1.29, 1.82) is 0 Å². The molecule has 0 radical (unpaired) electrons. The summed E-state index contributed by atoms with van der Waals surface area (Å²) < 4.78 is 17.6. The van der Waals surface area contributed by atoms with Crippen LogP contribution in [0.1, 0.15) is 12.8 Å². The first-order valence-corrected chi connectivity index (χ1v) is 5.58. The molecule has 1 fully saturated rings. The minimum atomic E-state index is -3.15. The first-order chi connectivity index (χ1) is 5.49. The number of carbonyl (C=O) groups excluding carboxylic acids is 1. The van der Waals surface area contributed by atoms with Gasteiger partial charge in [-0.2, -0.15) is 0 Å². The second-order valence-corrected chi connectivity index (χ2v) is 4.67. The van der Waals surface area contributed by atoms with E-state index in [0.29, 0.717) is 13.1 Å². The van der Waals surface area contributed by atoms with E-state index in [9.17, 15) is 4.79 Å². The molecule has 6 heteroatoms. The molecule has 1 amide bonds. The second kappa shape index (κ2) is 3.61. The summed E-state index contributed by atoms with van der Waals surface area (Å²) in [6.07, 6.45) is 1.99. The lowest BCUT2D eigenvalue weighted by molar-refractivity contribution is -0.127. The highest BCUT2D eigenvalue weighted by Crippen LogP contribution is 2.28. The molecule has 72 valence electrons. The number of hydrogen-bond acceptors (Lipinski definition) is 4. The van der Waals surface area contributed by atoms with Crippen LogP contribution in [0, 0.1) is 0 Å². The molecule has 1 aliphatic heterocycles. The number of rotatable bonds is 2. The molecule has 5 nitrogen and oxygen atoms in total. The predicted octanol–water partition coefficient (Wildman–Crippen LogP) is 0.233. The largest absolute Gasteiger partial charge is 0.341 e. The molecule has 1 aliphatic rings. The quantitative estimate of drug-likeness (QED) is 0.587. The van der Waals surface area contributed by atoms with E-state index >= 15 is 0 Å². The molecular weight excluding hydrogens is 180 g/mol. The van der Waals surface area contributed by atoms with E-state index in [1.54, 1.807) is 4.90 Å². The van der Waals surface area contributed by atoms with Gasteiger partial charge in [0.2, 0.25) is 5.91 Å². The van der Waals surface area contributed by atoms with Gasteiger partial charge in [-0.05, 0) is 12.8 Å². The van der Waals surface area contributed by atoms with Crippen molar-refractivity contribution in [1.82, 2.24) is 4.90 Å². The minimum Gasteiger partial charge on any atom is -0.341 e. The van der Waals surface area contributed by atoms with Gasteiger partial charge < -0.3 is 4.90 Å². The van der Waals surface area contributed by atoms with Crippen molar-refractivity contribution >= 4 is 16.7 Å². The Morgan fingerprint density at radius 1 is 1.42 bits per heavy atom. The van der Waals surface area contributed by atoms with E-state index < -0.39 is 10.8 Å². The van der Waals surface area contributed by atoms with Crippen LogP contribution in [0.25, 0.3) is 0 Å². The van der Waals surface area contributed by atoms with Crippen LogP contribution in [0.2, 0.25) is 0 Å². The van der Waals surface area contributed by atoms with Crippen molar-refractivity contribution < 1.29 is 13.9 Å². The lowest BCUT2D eigenvalue weighted by Gasteiger charge is -2.27. The molecule has 1 rings (SSSR count). The number of likely N-dealkylation sites (tertiary alicyclic amines) is 1. The predicted molar refractivity (Wildman–Crippen MR) is 47.7 cm³/mol. The van der Waals surface area contributed by atoms with Gasteiger partial charge >= 0.3 is 0 Å². The maximum Gasteiger partial charge on any atom is 0.243 e. The minimum absolute atomic E-state index is 0.255. The zero-order chi connectivity index (χ0) is 9.19. The molecule has 1 saturated heterocycles. The van der Waals surface area contributed by atoms with E-state index in [-0.39, 0.29) is 11.7 Å². The Morgan fingerprint density at radius 3 is 2.33 bits per heavy atom. The fourth-order valence-electron chi connectivity index (χ4n) is 1.24. The molecule has 4 N–H and O–H groups in total. The van der Waals surface area contributed by atoms with Crippen molar-refractivity contribution in [3.63, 3.8) is 0 Å². The molecule has 0 aromatic rings. The van der Waals surface area contributed by atoms with Gasteiger partial charge in [0, 0.05) is 13.1 Å². The van der Waals surface area contributed by atoms with Crippen molar-refractivity contribution in [2.24, 2.45) is 5.14 Å². The van der Waals surface area contributed by atoms with Crippen molar-refractivity contribution in [3.05, 3.63) is 0 Å². The average molecular weight is 194 g/mol. The van der Waals surface area contributed by atoms with E-state index in [1.807, 2.05) is 0 Å². The van der Waals surface area contributed by atoms with Gasteiger partial charge in [-0.1, -0.05) is 0 Å². The van der Waals surface area contributed by atoms with E-state index in [1.165, 1.54) is 0 Å².